The minimum atomic E-state index is -0.448. The summed E-state index contributed by atoms with van der Waals surface area (Å²) in [6.07, 6.45) is 4.93. The first-order valence-electron chi connectivity index (χ1n) is 7.14. The highest BCUT2D eigenvalue weighted by Crippen LogP contribution is 2.01. The molecule has 1 aromatic rings. The Morgan fingerprint density at radius 2 is 2.14 bits per heavy atom. The number of carbonyl (C=O) groups excluding carboxylic acids is 2. The van der Waals surface area contributed by atoms with E-state index in [9.17, 15) is 9.59 Å². The van der Waals surface area contributed by atoms with E-state index in [1.54, 1.807) is 36.1 Å². The monoisotopic (exact) mass is 294 g/mol. The van der Waals surface area contributed by atoms with E-state index in [1.165, 1.54) is 0 Å². The minimum absolute atomic E-state index is 0.0703. The smallest absolute Gasteiger partial charge is 0.388 e. The van der Waals surface area contributed by atoms with Crippen LogP contribution in [-0.4, -0.2) is 25.6 Å². The molecule has 6 nitrogen and oxygen atoms in total. The molecule has 0 bridgehead atoms. The maximum atomic E-state index is 11.5. The molecule has 2 amide bonds. The van der Waals surface area contributed by atoms with Gasteiger partial charge >= 0.3 is 6.09 Å². The summed E-state index contributed by atoms with van der Waals surface area (Å²) in [6.45, 7) is 4.98. The summed E-state index contributed by atoms with van der Waals surface area (Å²) >= 11 is 0. The van der Waals surface area contributed by atoms with Gasteiger partial charge in [-0.1, -0.05) is 13.8 Å². The number of carbonyl (C=O) groups is 2. The second-order valence-electron chi connectivity index (χ2n) is 5.21. The third-order valence-corrected chi connectivity index (χ3v) is 2.92. The number of nitrogens with zero attached hydrogens (tertiary/aromatic N) is 1. The Morgan fingerprint density at radius 3 is 2.81 bits per heavy atom. The van der Waals surface area contributed by atoms with Crippen LogP contribution in [0, 0.1) is 5.92 Å². The van der Waals surface area contributed by atoms with Crippen LogP contribution in [0.25, 0.3) is 0 Å². The Labute approximate surface area is 125 Å². The first-order chi connectivity index (χ1) is 10.0. The number of hydrogen-bond donors (Lipinski definition) is 2. The fourth-order valence-corrected chi connectivity index (χ4v) is 1.77. The third kappa shape index (κ3) is 6.74. The van der Waals surface area contributed by atoms with Crippen LogP contribution >= 0.6 is 0 Å². The molecule has 0 radical (unpaired) electrons. The van der Waals surface area contributed by atoms with Crippen LogP contribution in [0.4, 0.5) is 4.79 Å². The number of hydrogen-bond acceptors (Lipinski definition) is 3. The van der Waals surface area contributed by atoms with Crippen molar-refractivity contribution in [2.45, 2.75) is 33.4 Å². The van der Waals surface area contributed by atoms with E-state index < -0.39 is 6.09 Å². The van der Waals surface area contributed by atoms with E-state index in [0.29, 0.717) is 18.0 Å². The van der Waals surface area contributed by atoms with Gasteiger partial charge in [0.2, 0.25) is 0 Å². The second-order valence-corrected chi connectivity index (χ2v) is 5.21. The number of ether oxygens (including phenoxy) is 1. The predicted octanol–water partition coefficient (Wildman–Crippen LogP) is 1.45. The van der Waals surface area contributed by atoms with Crippen molar-refractivity contribution in [3.8, 4) is 0 Å². The van der Waals surface area contributed by atoms with Gasteiger partial charge in [0.1, 0.15) is 5.56 Å². The number of alkyl carbamates (subject to hydrolysis) is 1. The fourth-order valence-electron chi connectivity index (χ4n) is 1.77. The maximum Gasteiger partial charge on any atom is 0.411 e. The molecule has 0 aliphatic rings. The molecule has 0 aromatic carbocycles. The molecule has 116 valence electrons. The van der Waals surface area contributed by atoms with Gasteiger partial charge < -0.3 is 15.4 Å². The molecule has 0 saturated carbocycles. The van der Waals surface area contributed by atoms with E-state index in [0.717, 1.165) is 12.8 Å². The van der Waals surface area contributed by atoms with Crippen molar-refractivity contribution >= 4 is 12.0 Å². The summed E-state index contributed by atoms with van der Waals surface area (Å²) in [5, 5.41) is 5.25. The van der Waals surface area contributed by atoms with Crippen LogP contribution < -0.4 is 15.2 Å². The van der Waals surface area contributed by atoms with Gasteiger partial charge in [-0.05, 0) is 24.8 Å². The lowest BCUT2D eigenvalue weighted by Gasteiger charge is -2.06. The quantitative estimate of drug-likeness (QED) is 0.590. The molecule has 0 atom stereocenters. The molecule has 0 unspecified atom stereocenters. The molecule has 0 spiro atoms. The van der Waals surface area contributed by atoms with Gasteiger partial charge in [0.25, 0.3) is 12.6 Å². The van der Waals surface area contributed by atoms with Gasteiger partial charge in [0.05, 0.1) is 0 Å². The molecule has 0 aliphatic heterocycles. The zero-order valence-electron chi connectivity index (χ0n) is 12.9. The standard InChI is InChI=1S/C15H23N3O3/c1-12(2)6-4-8-17-15(20)21-11-18-9-5-7-13(10-18)14(19)16-3/h5,7,9-10,12H,4,6,8,11H2,1-3H3,(H-,16,17,19,20)/p+1. The Hall–Kier alpha value is -2.11. The molecule has 0 fully saturated rings. The highest BCUT2D eigenvalue weighted by Gasteiger charge is 2.10. The van der Waals surface area contributed by atoms with E-state index in [4.69, 9.17) is 4.74 Å². The average Bonchev–Trinajstić information content (AvgIpc) is 2.48. The lowest BCUT2D eigenvalue weighted by Crippen LogP contribution is -2.39. The van der Waals surface area contributed by atoms with Gasteiger partial charge in [-0.3, -0.25) is 4.79 Å². The normalized spacial score (nSPS) is 10.3. The van der Waals surface area contributed by atoms with Crippen molar-refractivity contribution in [1.82, 2.24) is 10.6 Å². The van der Waals surface area contributed by atoms with Crippen molar-refractivity contribution in [1.29, 1.82) is 0 Å². The largest absolute Gasteiger partial charge is 0.411 e. The van der Waals surface area contributed by atoms with Crippen molar-refractivity contribution in [3.63, 3.8) is 0 Å². The minimum Gasteiger partial charge on any atom is -0.388 e. The van der Waals surface area contributed by atoms with Crippen LogP contribution in [0.2, 0.25) is 0 Å². The van der Waals surface area contributed by atoms with E-state index in [1.807, 2.05) is 0 Å². The van der Waals surface area contributed by atoms with E-state index >= 15 is 0 Å². The molecule has 0 aliphatic carbocycles. The SMILES string of the molecule is CNC(=O)c1ccc[n+](COC(=O)NCCCC(C)C)c1. The Morgan fingerprint density at radius 1 is 1.38 bits per heavy atom. The molecule has 2 N–H and O–H groups in total. The fraction of sp³-hybridized carbons (Fsp3) is 0.533. The van der Waals surface area contributed by atoms with Crippen molar-refractivity contribution in [3.05, 3.63) is 30.1 Å². The zero-order valence-corrected chi connectivity index (χ0v) is 12.9. The topological polar surface area (TPSA) is 71.3 Å². The molecule has 0 saturated heterocycles. The zero-order chi connectivity index (χ0) is 15.7. The Bertz CT molecular complexity index is 475. The van der Waals surface area contributed by atoms with Gasteiger partial charge in [0, 0.05) is 19.7 Å². The Balaban J connectivity index is 2.34. The first-order valence-corrected chi connectivity index (χ1v) is 7.14. The third-order valence-electron chi connectivity index (χ3n) is 2.92. The molecular weight excluding hydrogens is 270 g/mol. The lowest BCUT2D eigenvalue weighted by molar-refractivity contribution is -0.727. The van der Waals surface area contributed by atoms with E-state index in [-0.39, 0.29) is 12.6 Å². The number of nitrogens with one attached hydrogen (secondary N) is 2. The second kappa shape index (κ2) is 8.94. The maximum absolute atomic E-state index is 11.5. The van der Waals surface area contributed by atoms with Crippen molar-refractivity contribution in [2.75, 3.05) is 13.6 Å². The van der Waals surface area contributed by atoms with E-state index in [2.05, 4.69) is 24.5 Å². The number of aromatic nitrogens is 1. The molecule has 1 aromatic heterocycles. The van der Waals surface area contributed by atoms with Gasteiger partial charge in [0.15, 0.2) is 12.4 Å². The van der Waals surface area contributed by atoms with Crippen LogP contribution in [0.5, 0.6) is 0 Å². The summed E-state index contributed by atoms with van der Waals surface area (Å²) in [7, 11) is 1.57. The molecular formula is C15H24N3O3+. The number of amides is 2. The summed E-state index contributed by atoms with van der Waals surface area (Å²) in [5.41, 5.74) is 0.515. The molecule has 1 rings (SSSR count). The summed E-state index contributed by atoms with van der Waals surface area (Å²) < 4.78 is 6.72. The highest BCUT2D eigenvalue weighted by molar-refractivity contribution is 5.93. The molecule has 1 heterocycles. The van der Waals surface area contributed by atoms with Crippen molar-refractivity contribution < 1.29 is 18.9 Å². The van der Waals surface area contributed by atoms with Crippen LogP contribution in [-0.2, 0) is 11.5 Å². The van der Waals surface area contributed by atoms with Gasteiger partial charge in [-0.25, -0.2) is 4.79 Å². The molecule has 6 heteroatoms. The highest BCUT2D eigenvalue weighted by atomic mass is 16.6. The van der Waals surface area contributed by atoms with Gasteiger partial charge in [-0.15, -0.1) is 0 Å². The summed E-state index contributed by atoms with van der Waals surface area (Å²) in [5.74, 6) is 0.452. The van der Waals surface area contributed by atoms with Crippen molar-refractivity contribution in [2.24, 2.45) is 5.92 Å². The summed E-state index contributed by atoms with van der Waals surface area (Å²) in [4.78, 5) is 23.0. The predicted molar refractivity (Wildman–Crippen MR) is 78.6 cm³/mol. The number of rotatable bonds is 7. The average molecular weight is 294 g/mol. The van der Waals surface area contributed by atoms with Crippen LogP contribution in [0.1, 0.15) is 37.0 Å². The first kappa shape index (κ1) is 16.9. The van der Waals surface area contributed by atoms with Crippen LogP contribution in [0.3, 0.4) is 0 Å². The Kier molecular flexibility index (Phi) is 7.21. The van der Waals surface area contributed by atoms with Crippen LogP contribution in [0.15, 0.2) is 24.5 Å². The van der Waals surface area contributed by atoms with Gasteiger partial charge in [-0.2, -0.15) is 4.57 Å². The lowest BCUT2D eigenvalue weighted by atomic mass is 10.1. The molecule has 21 heavy (non-hydrogen) atoms. The summed E-state index contributed by atoms with van der Waals surface area (Å²) in [6, 6.07) is 3.43. The number of pyridine rings is 1.